The maximum atomic E-state index is 10.0. The van der Waals surface area contributed by atoms with E-state index in [0.717, 1.165) is 13.0 Å². The highest BCUT2D eigenvalue weighted by molar-refractivity contribution is 5.68. The second kappa shape index (κ2) is 4.29. The fourth-order valence-corrected chi connectivity index (χ4v) is 0.509. The average molecular weight is 133 g/mol. The fourth-order valence-electron chi connectivity index (χ4n) is 0.509. The molecule has 0 radical (unpaired) electrons. The van der Waals surface area contributed by atoms with E-state index in [1.807, 2.05) is 0 Å². The SMILES string of the molecule is [NH3+]CCC[C@@H]([NH3+])C(=O)[O-]. The average Bonchev–Trinajstić information content (AvgIpc) is 1.82. The van der Waals surface area contributed by atoms with Gasteiger partial charge in [-0.2, -0.15) is 0 Å². The first-order valence-corrected chi connectivity index (χ1v) is 3.01. The minimum atomic E-state index is -1.07. The topological polar surface area (TPSA) is 95.4 Å². The summed E-state index contributed by atoms with van der Waals surface area (Å²) in [6.07, 6.45) is 1.38. The molecule has 0 spiro atoms. The summed E-state index contributed by atoms with van der Waals surface area (Å²) in [4.78, 5) is 10.0. The van der Waals surface area contributed by atoms with Gasteiger partial charge in [0.2, 0.25) is 0 Å². The largest absolute Gasteiger partial charge is 0.544 e. The molecule has 0 aliphatic rings. The molecule has 4 nitrogen and oxygen atoms in total. The van der Waals surface area contributed by atoms with E-state index in [0.29, 0.717) is 6.42 Å². The quantitative estimate of drug-likeness (QED) is 0.414. The molecular formula is C5H13N2O2+. The second-order valence-electron chi connectivity index (χ2n) is 2.01. The van der Waals surface area contributed by atoms with Crippen molar-refractivity contribution in [1.82, 2.24) is 0 Å². The van der Waals surface area contributed by atoms with Gasteiger partial charge in [-0.25, -0.2) is 0 Å². The van der Waals surface area contributed by atoms with Crippen molar-refractivity contribution in [3.8, 4) is 0 Å². The van der Waals surface area contributed by atoms with Crippen molar-refractivity contribution in [2.45, 2.75) is 18.9 Å². The number of carboxylic acid groups (broad SMARTS) is 1. The van der Waals surface area contributed by atoms with Gasteiger partial charge in [-0.3, -0.25) is 0 Å². The van der Waals surface area contributed by atoms with Crippen molar-refractivity contribution in [2.24, 2.45) is 0 Å². The van der Waals surface area contributed by atoms with E-state index in [2.05, 4.69) is 11.5 Å². The third-order valence-electron chi connectivity index (χ3n) is 1.14. The fraction of sp³-hybridized carbons (Fsp3) is 0.800. The second-order valence-corrected chi connectivity index (χ2v) is 2.01. The molecule has 0 fully saturated rings. The number of aliphatic carboxylic acids is 1. The Morgan fingerprint density at radius 1 is 1.67 bits per heavy atom. The molecule has 1 atom stereocenters. The predicted molar refractivity (Wildman–Crippen MR) is 28.7 cm³/mol. The number of carbonyl (C=O) groups excluding carboxylic acids is 1. The van der Waals surface area contributed by atoms with E-state index in [9.17, 15) is 9.90 Å². The van der Waals surface area contributed by atoms with Gasteiger partial charge in [-0.05, 0) is 0 Å². The van der Waals surface area contributed by atoms with Gasteiger partial charge in [0.15, 0.2) is 0 Å². The Hall–Kier alpha value is -0.610. The first-order chi connectivity index (χ1) is 4.18. The van der Waals surface area contributed by atoms with Crippen molar-refractivity contribution in [3.63, 3.8) is 0 Å². The van der Waals surface area contributed by atoms with Crippen LogP contribution in [-0.2, 0) is 4.79 Å². The summed E-state index contributed by atoms with van der Waals surface area (Å²) >= 11 is 0. The van der Waals surface area contributed by atoms with Crippen molar-refractivity contribution in [2.75, 3.05) is 6.54 Å². The van der Waals surface area contributed by atoms with Crippen molar-refractivity contribution < 1.29 is 21.4 Å². The molecule has 0 heterocycles. The van der Waals surface area contributed by atoms with Crippen LogP contribution in [-0.4, -0.2) is 18.6 Å². The zero-order valence-corrected chi connectivity index (χ0v) is 5.43. The molecule has 0 aliphatic carbocycles. The standard InChI is InChI=1S/C5H12N2O2/c6-3-1-2-4(7)5(8)9/h4H,1-3,6-7H2,(H,8,9)/p+1/t4-/m1/s1. The number of hydrogen-bond donors (Lipinski definition) is 2. The maximum Gasteiger partial charge on any atom is 0.125 e. The third kappa shape index (κ3) is 3.93. The molecule has 0 saturated carbocycles. The minimum Gasteiger partial charge on any atom is -0.544 e. The van der Waals surface area contributed by atoms with Crippen LogP contribution in [0.1, 0.15) is 12.8 Å². The minimum absolute atomic E-state index is 0.563. The number of rotatable bonds is 4. The number of quaternary nitrogens is 2. The Balaban J connectivity index is 3.27. The molecule has 54 valence electrons. The highest BCUT2D eigenvalue weighted by atomic mass is 16.4. The van der Waals surface area contributed by atoms with E-state index in [4.69, 9.17) is 0 Å². The lowest BCUT2D eigenvalue weighted by atomic mass is 10.2. The summed E-state index contributed by atoms with van der Waals surface area (Å²) in [6, 6.07) is -0.563. The number of carboxylic acids is 1. The first kappa shape index (κ1) is 8.39. The van der Waals surface area contributed by atoms with Crippen molar-refractivity contribution >= 4 is 5.97 Å². The monoisotopic (exact) mass is 133 g/mol. The van der Waals surface area contributed by atoms with Crippen LogP contribution in [0.3, 0.4) is 0 Å². The van der Waals surface area contributed by atoms with Crippen LogP contribution in [0, 0.1) is 0 Å². The molecule has 6 N–H and O–H groups in total. The zero-order valence-electron chi connectivity index (χ0n) is 5.43. The highest BCUT2D eigenvalue weighted by Crippen LogP contribution is 1.86. The third-order valence-corrected chi connectivity index (χ3v) is 1.14. The van der Waals surface area contributed by atoms with Gasteiger partial charge in [0.1, 0.15) is 6.04 Å². The lowest BCUT2D eigenvalue weighted by molar-refractivity contribution is -0.441. The lowest BCUT2D eigenvalue weighted by Crippen LogP contribution is -2.68. The summed E-state index contributed by atoms with van der Waals surface area (Å²) in [5.74, 6) is -1.07. The van der Waals surface area contributed by atoms with Gasteiger partial charge in [0, 0.05) is 12.8 Å². The summed E-state index contributed by atoms with van der Waals surface area (Å²) in [5, 5.41) is 10.0. The molecular weight excluding hydrogens is 120 g/mol. The lowest BCUT2D eigenvalue weighted by Gasteiger charge is -2.06. The van der Waals surface area contributed by atoms with E-state index in [1.54, 1.807) is 0 Å². The predicted octanol–water partition coefficient (Wildman–Crippen LogP) is -3.63. The molecule has 0 aliphatic heterocycles. The molecule has 0 bridgehead atoms. The summed E-state index contributed by atoms with van der Waals surface area (Å²) in [6.45, 7) is 0.763. The Morgan fingerprint density at radius 2 is 2.22 bits per heavy atom. The summed E-state index contributed by atoms with van der Waals surface area (Å²) in [5.41, 5.74) is 6.96. The van der Waals surface area contributed by atoms with Crippen LogP contribution < -0.4 is 16.6 Å². The zero-order chi connectivity index (χ0) is 7.28. The van der Waals surface area contributed by atoms with Gasteiger partial charge < -0.3 is 21.4 Å². The van der Waals surface area contributed by atoms with E-state index in [-0.39, 0.29) is 0 Å². The van der Waals surface area contributed by atoms with Gasteiger partial charge in [-0.1, -0.05) is 0 Å². The maximum absolute atomic E-state index is 10.0. The normalized spacial score (nSPS) is 13.1. The molecule has 0 unspecified atom stereocenters. The Labute approximate surface area is 53.8 Å². The molecule has 0 rings (SSSR count). The van der Waals surface area contributed by atoms with E-state index in [1.165, 1.54) is 0 Å². The smallest absolute Gasteiger partial charge is 0.125 e. The molecule has 0 aromatic heterocycles. The van der Waals surface area contributed by atoms with Crippen LogP contribution in [0.15, 0.2) is 0 Å². The van der Waals surface area contributed by atoms with E-state index < -0.39 is 12.0 Å². The molecule has 0 amide bonds. The Morgan fingerprint density at radius 3 is 2.56 bits per heavy atom. The first-order valence-electron chi connectivity index (χ1n) is 3.01. The summed E-state index contributed by atoms with van der Waals surface area (Å²) < 4.78 is 0. The van der Waals surface area contributed by atoms with Crippen LogP contribution in [0.25, 0.3) is 0 Å². The highest BCUT2D eigenvalue weighted by Gasteiger charge is 2.04. The molecule has 4 heteroatoms. The number of hydrogen-bond acceptors (Lipinski definition) is 2. The number of carbonyl (C=O) groups is 1. The van der Waals surface area contributed by atoms with Gasteiger partial charge in [0.05, 0.1) is 12.5 Å². The van der Waals surface area contributed by atoms with E-state index >= 15 is 0 Å². The van der Waals surface area contributed by atoms with Crippen LogP contribution in [0.4, 0.5) is 0 Å². The van der Waals surface area contributed by atoms with Gasteiger partial charge >= 0.3 is 0 Å². The molecule has 0 aromatic carbocycles. The van der Waals surface area contributed by atoms with Crippen LogP contribution >= 0.6 is 0 Å². The van der Waals surface area contributed by atoms with Crippen LogP contribution in [0.2, 0.25) is 0 Å². The molecule has 0 aromatic rings. The Bertz CT molecular complexity index is 95.0. The van der Waals surface area contributed by atoms with Gasteiger partial charge in [0.25, 0.3) is 0 Å². The van der Waals surface area contributed by atoms with Gasteiger partial charge in [-0.15, -0.1) is 0 Å². The molecule has 9 heavy (non-hydrogen) atoms. The summed E-state index contributed by atoms with van der Waals surface area (Å²) in [7, 11) is 0. The van der Waals surface area contributed by atoms with Crippen LogP contribution in [0.5, 0.6) is 0 Å². The molecule has 0 saturated heterocycles. The van der Waals surface area contributed by atoms with Crippen molar-refractivity contribution in [3.05, 3.63) is 0 Å². The Kier molecular flexibility index (Phi) is 4.00. The van der Waals surface area contributed by atoms with Crippen molar-refractivity contribution in [1.29, 1.82) is 0 Å².